The Labute approximate surface area is 168 Å². The van der Waals surface area contributed by atoms with Crippen LogP contribution in [0.3, 0.4) is 0 Å². The van der Waals surface area contributed by atoms with E-state index in [4.69, 9.17) is 4.74 Å². The number of hydrogen-bond donors (Lipinski definition) is 1. The molecule has 0 spiro atoms. The van der Waals surface area contributed by atoms with Crippen molar-refractivity contribution in [3.05, 3.63) is 40.3 Å². The molecule has 0 fully saturated rings. The van der Waals surface area contributed by atoms with E-state index in [-0.39, 0.29) is 17.6 Å². The van der Waals surface area contributed by atoms with Gasteiger partial charge in [-0.05, 0) is 39.7 Å². The van der Waals surface area contributed by atoms with Crippen LogP contribution in [0, 0.1) is 6.92 Å². The van der Waals surface area contributed by atoms with Crippen molar-refractivity contribution in [1.82, 2.24) is 15.1 Å². The van der Waals surface area contributed by atoms with Gasteiger partial charge in [0.25, 0.3) is 5.56 Å². The van der Waals surface area contributed by atoms with Gasteiger partial charge >= 0.3 is 0 Å². The van der Waals surface area contributed by atoms with Crippen molar-refractivity contribution in [3.8, 4) is 0 Å². The van der Waals surface area contributed by atoms with Crippen molar-refractivity contribution in [3.63, 3.8) is 0 Å². The summed E-state index contributed by atoms with van der Waals surface area (Å²) in [5, 5.41) is 8.98. The third kappa shape index (κ3) is 4.10. The summed E-state index contributed by atoms with van der Waals surface area (Å²) in [6.07, 6.45) is 1.40. The normalized spacial score (nSPS) is 12.8. The molecule has 0 radical (unpaired) electrons. The third-order valence-electron chi connectivity index (χ3n) is 4.66. The molecule has 0 bridgehead atoms. The first-order valence-corrected chi connectivity index (χ1v) is 10.6. The zero-order valence-electron chi connectivity index (χ0n) is 16.8. The maximum Gasteiger partial charge on any atom is 0.276 e. The molecule has 6 nitrogen and oxygen atoms in total. The van der Waals surface area contributed by atoms with Gasteiger partial charge in [0.05, 0.1) is 21.9 Å². The minimum atomic E-state index is -0.625. The summed E-state index contributed by atoms with van der Waals surface area (Å²) in [7, 11) is 0. The zero-order valence-corrected chi connectivity index (χ0v) is 17.6. The first kappa shape index (κ1) is 20.5. The van der Waals surface area contributed by atoms with Crippen molar-refractivity contribution in [2.24, 2.45) is 0 Å². The Morgan fingerprint density at radius 3 is 2.79 bits per heavy atom. The van der Waals surface area contributed by atoms with Crippen molar-refractivity contribution < 1.29 is 9.53 Å². The summed E-state index contributed by atoms with van der Waals surface area (Å²) >= 11 is 1.57. The monoisotopic (exact) mass is 401 g/mol. The smallest absolute Gasteiger partial charge is 0.276 e. The Hall–Kier alpha value is -2.25. The van der Waals surface area contributed by atoms with E-state index >= 15 is 0 Å². The molecule has 2 aromatic heterocycles. The zero-order chi connectivity index (χ0) is 20.3. The number of thiophene rings is 1. The van der Waals surface area contributed by atoms with Crippen molar-refractivity contribution in [2.45, 2.75) is 52.7 Å². The van der Waals surface area contributed by atoms with Crippen LogP contribution in [0.4, 0.5) is 0 Å². The molecular formula is C21H27N3O3S. The van der Waals surface area contributed by atoms with Crippen LogP contribution < -0.4 is 10.9 Å². The number of benzene rings is 1. The number of ether oxygens (including phenoxy) is 1. The van der Waals surface area contributed by atoms with Gasteiger partial charge in [0.1, 0.15) is 6.04 Å². The highest BCUT2D eigenvalue weighted by molar-refractivity contribution is 7.26. The van der Waals surface area contributed by atoms with Crippen LogP contribution in [-0.4, -0.2) is 34.9 Å². The molecule has 150 valence electrons. The maximum atomic E-state index is 13.2. The highest BCUT2D eigenvalue weighted by Gasteiger charge is 2.23. The Balaban J connectivity index is 1.88. The van der Waals surface area contributed by atoms with E-state index < -0.39 is 6.04 Å². The van der Waals surface area contributed by atoms with Gasteiger partial charge in [0.2, 0.25) is 5.91 Å². The van der Waals surface area contributed by atoms with Gasteiger partial charge < -0.3 is 10.1 Å². The van der Waals surface area contributed by atoms with Crippen LogP contribution in [0.15, 0.2) is 29.1 Å². The molecule has 0 unspecified atom stereocenters. The van der Waals surface area contributed by atoms with Gasteiger partial charge in [-0.2, -0.15) is 5.10 Å². The Morgan fingerprint density at radius 1 is 1.32 bits per heavy atom. The summed E-state index contributed by atoms with van der Waals surface area (Å²) in [5.74, 6) is -0.181. The van der Waals surface area contributed by atoms with E-state index in [1.807, 2.05) is 52.0 Å². The molecule has 2 heterocycles. The number of carbonyl (C=O) groups is 1. The lowest BCUT2D eigenvalue weighted by Crippen LogP contribution is -2.39. The predicted molar refractivity (Wildman–Crippen MR) is 114 cm³/mol. The van der Waals surface area contributed by atoms with Crippen molar-refractivity contribution in [2.75, 3.05) is 13.2 Å². The molecule has 0 saturated heterocycles. The second-order valence-corrected chi connectivity index (χ2v) is 8.18. The number of nitrogens with one attached hydrogen (secondary N) is 1. The van der Waals surface area contributed by atoms with Gasteiger partial charge in [-0.15, -0.1) is 11.3 Å². The number of nitrogens with zero attached hydrogens (tertiary/aromatic N) is 2. The quantitative estimate of drug-likeness (QED) is 0.583. The molecule has 0 aliphatic rings. The molecule has 3 rings (SSSR count). The van der Waals surface area contributed by atoms with Crippen LogP contribution in [-0.2, 0) is 9.53 Å². The molecule has 1 amide bonds. The topological polar surface area (TPSA) is 73.2 Å². The Morgan fingerprint density at radius 2 is 2.07 bits per heavy atom. The molecule has 7 heteroatoms. The number of fused-ring (bicyclic) bond motifs is 3. The molecule has 0 aliphatic heterocycles. The summed E-state index contributed by atoms with van der Waals surface area (Å²) in [5.41, 5.74) is 0.565. The lowest BCUT2D eigenvalue weighted by atomic mass is 10.1. The second kappa shape index (κ2) is 8.84. The molecule has 1 aromatic carbocycles. The first-order chi connectivity index (χ1) is 13.4. The third-order valence-corrected chi connectivity index (χ3v) is 5.94. The average molecular weight is 402 g/mol. The van der Waals surface area contributed by atoms with Crippen molar-refractivity contribution >= 4 is 37.4 Å². The number of aryl methyl sites for hydroxylation is 1. The standard InChI is InChI=1S/C21H27N3O3S/c1-5-16(20(25)22-11-8-12-27-13(2)3)24-21(26)18-15-9-6-7-10-17(15)28-19(18)14(4)23-24/h6-7,9-10,13,16H,5,8,11-12H2,1-4H3,(H,22,25)/t16-/m1/s1. The minimum absolute atomic E-state index is 0.178. The highest BCUT2D eigenvalue weighted by atomic mass is 32.1. The lowest BCUT2D eigenvalue weighted by Gasteiger charge is -2.17. The van der Waals surface area contributed by atoms with E-state index in [1.54, 1.807) is 11.3 Å². The fraction of sp³-hybridized carbons (Fsp3) is 0.476. The summed E-state index contributed by atoms with van der Waals surface area (Å²) in [4.78, 5) is 25.9. The van der Waals surface area contributed by atoms with Crippen LogP contribution in [0.2, 0.25) is 0 Å². The molecule has 0 aliphatic carbocycles. The van der Waals surface area contributed by atoms with Gasteiger partial charge in [0, 0.05) is 23.2 Å². The fourth-order valence-corrected chi connectivity index (χ4v) is 4.42. The molecule has 3 aromatic rings. The number of amides is 1. The molecule has 28 heavy (non-hydrogen) atoms. The SMILES string of the molecule is CC[C@H](C(=O)NCCCOC(C)C)n1nc(C)c2sc3ccccc3c2c1=O. The second-order valence-electron chi connectivity index (χ2n) is 7.13. The Bertz CT molecular complexity index is 1040. The summed E-state index contributed by atoms with van der Waals surface area (Å²) in [6, 6.07) is 7.23. The van der Waals surface area contributed by atoms with Gasteiger partial charge in [-0.3, -0.25) is 9.59 Å². The van der Waals surface area contributed by atoms with Crippen LogP contribution in [0.5, 0.6) is 0 Å². The molecule has 1 atom stereocenters. The van der Waals surface area contributed by atoms with E-state index in [9.17, 15) is 9.59 Å². The highest BCUT2D eigenvalue weighted by Crippen LogP contribution is 2.33. The van der Waals surface area contributed by atoms with Gasteiger partial charge in [-0.1, -0.05) is 25.1 Å². The first-order valence-electron chi connectivity index (χ1n) is 9.74. The van der Waals surface area contributed by atoms with E-state index in [0.717, 1.165) is 26.9 Å². The molecule has 1 N–H and O–H groups in total. The van der Waals surface area contributed by atoms with E-state index in [2.05, 4.69) is 10.4 Å². The van der Waals surface area contributed by atoms with Crippen LogP contribution >= 0.6 is 11.3 Å². The summed E-state index contributed by atoms with van der Waals surface area (Å²) < 4.78 is 8.80. The summed E-state index contributed by atoms with van der Waals surface area (Å²) in [6.45, 7) is 8.86. The average Bonchev–Trinajstić information content (AvgIpc) is 3.06. The number of hydrogen-bond acceptors (Lipinski definition) is 5. The largest absolute Gasteiger partial charge is 0.379 e. The van der Waals surface area contributed by atoms with Gasteiger partial charge in [0.15, 0.2) is 0 Å². The van der Waals surface area contributed by atoms with E-state index in [0.29, 0.717) is 25.0 Å². The fourth-order valence-electron chi connectivity index (χ4n) is 3.28. The predicted octanol–water partition coefficient (Wildman–Crippen LogP) is 3.80. The Kier molecular flexibility index (Phi) is 6.46. The molecule has 0 saturated carbocycles. The lowest BCUT2D eigenvalue weighted by molar-refractivity contribution is -0.124. The van der Waals surface area contributed by atoms with E-state index in [1.165, 1.54) is 4.68 Å². The van der Waals surface area contributed by atoms with Gasteiger partial charge in [-0.25, -0.2) is 4.68 Å². The molecular weight excluding hydrogens is 374 g/mol. The number of aromatic nitrogens is 2. The van der Waals surface area contributed by atoms with Crippen LogP contribution in [0.25, 0.3) is 20.2 Å². The van der Waals surface area contributed by atoms with Crippen LogP contribution in [0.1, 0.15) is 45.3 Å². The van der Waals surface area contributed by atoms with Crippen molar-refractivity contribution in [1.29, 1.82) is 0 Å². The minimum Gasteiger partial charge on any atom is -0.379 e. The maximum absolute atomic E-state index is 13.2. The number of rotatable bonds is 8. The number of carbonyl (C=O) groups excluding carboxylic acids is 1.